The Morgan fingerprint density at radius 3 is 2.67 bits per heavy atom. The average Bonchev–Trinajstić information content (AvgIpc) is 2.47. The normalized spacial score (nSPS) is 17.5. The Labute approximate surface area is 127 Å². The molecule has 3 N–H and O–H groups in total. The largest absolute Gasteiger partial charge is 0.394 e. The van der Waals surface area contributed by atoms with Crippen LogP contribution in [0.15, 0.2) is 9.82 Å². The zero-order valence-electron chi connectivity index (χ0n) is 12.4. The first-order chi connectivity index (χ1) is 10.0. The topological polar surface area (TPSA) is 95.1 Å². The average molecular weight is 311 g/mol. The third kappa shape index (κ3) is 3.47. The number of aryl methyl sites for hydroxylation is 1. The third-order valence-electron chi connectivity index (χ3n) is 4.00. The molecule has 1 amide bonds. The number of hydrogen-bond donors (Lipinski definition) is 3. The van der Waals surface area contributed by atoms with Crippen LogP contribution in [-0.2, 0) is 0 Å². The first-order valence-corrected chi connectivity index (χ1v) is 8.32. The van der Waals surface area contributed by atoms with E-state index in [0.717, 1.165) is 32.1 Å². The Balaban J connectivity index is 2.30. The number of nitrogens with zero attached hydrogens (tertiary/aromatic N) is 1. The van der Waals surface area contributed by atoms with Crippen molar-refractivity contribution in [1.82, 2.24) is 15.3 Å². The van der Waals surface area contributed by atoms with Gasteiger partial charge >= 0.3 is 5.69 Å². The van der Waals surface area contributed by atoms with Crippen LogP contribution in [0.25, 0.3) is 0 Å². The maximum Gasteiger partial charge on any atom is 0.346 e. The summed E-state index contributed by atoms with van der Waals surface area (Å²) in [5.74, 6) is -0.281. The van der Waals surface area contributed by atoms with Crippen LogP contribution in [0.1, 0.15) is 48.2 Å². The predicted octanol–water partition coefficient (Wildman–Crippen LogP) is 1.23. The van der Waals surface area contributed by atoms with Gasteiger partial charge in [0.2, 0.25) is 0 Å². The molecule has 7 heteroatoms. The van der Waals surface area contributed by atoms with Crippen molar-refractivity contribution in [3.63, 3.8) is 0 Å². The lowest BCUT2D eigenvalue weighted by Gasteiger charge is -2.36. The van der Waals surface area contributed by atoms with E-state index in [9.17, 15) is 14.7 Å². The first kappa shape index (κ1) is 16.0. The number of nitrogens with one attached hydrogen (secondary N) is 2. The monoisotopic (exact) mass is 311 g/mol. The van der Waals surface area contributed by atoms with Gasteiger partial charge in [0, 0.05) is 5.69 Å². The van der Waals surface area contributed by atoms with Gasteiger partial charge in [-0.25, -0.2) is 4.79 Å². The fraction of sp³-hybridized carbons (Fsp3) is 0.643. The molecular weight excluding hydrogens is 290 g/mol. The number of hydrogen-bond acceptors (Lipinski definition) is 5. The number of amides is 1. The minimum atomic E-state index is -0.548. The molecule has 0 bridgehead atoms. The summed E-state index contributed by atoms with van der Waals surface area (Å²) in [4.78, 5) is 30.4. The maximum atomic E-state index is 12.6. The number of H-pyrrole nitrogens is 1. The molecule has 6 nitrogen and oxygen atoms in total. The molecule has 0 spiro atoms. The molecular formula is C14H21N3O3S. The van der Waals surface area contributed by atoms with E-state index in [1.54, 1.807) is 13.2 Å². The van der Waals surface area contributed by atoms with E-state index < -0.39 is 11.2 Å². The fourth-order valence-corrected chi connectivity index (χ4v) is 3.45. The van der Waals surface area contributed by atoms with Crippen molar-refractivity contribution in [3.8, 4) is 0 Å². The van der Waals surface area contributed by atoms with Gasteiger partial charge in [-0.1, -0.05) is 19.3 Å². The lowest BCUT2D eigenvalue weighted by atomic mass is 9.82. The molecule has 0 unspecified atom stereocenters. The van der Waals surface area contributed by atoms with E-state index in [2.05, 4.69) is 15.3 Å². The zero-order chi connectivity index (χ0) is 15.5. The molecule has 0 aliphatic heterocycles. The molecule has 1 saturated carbocycles. The van der Waals surface area contributed by atoms with Gasteiger partial charge in [0.25, 0.3) is 5.91 Å². The highest BCUT2D eigenvalue weighted by molar-refractivity contribution is 7.98. The van der Waals surface area contributed by atoms with E-state index in [1.165, 1.54) is 11.8 Å². The predicted molar refractivity (Wildman–Crippen MR) is 81.7 cm³/mol. The Kier molecular flexibility index (Phi) is 5.05. The zero-order valence-corrected chi connectivity index (χ0v) is 13.2. The summed E-state index contributed by atoms with van der Waals surface area (Å²) in [6, 6.07) is 0. The van der Waals surface area contributed by atoms with Gasteiger partial charge in [-0.05, 0) is 26.0 Å². The SMILES string of the molecule is CSc1nc(=O)[nH]c(C)c1C(=O)NC1(CO)CCCCC1. The number of aliphatic hydroxyl groups is 1. The second-order valence-corrected chi connectivity index (χ2v) is 6.30. The summed E-state index contributed by atoms with van der Waals surface area (Å²) in [5, 5.41) is 13.1. The molecule has 1 aliphatic carbocycles. The number of aromatic amines is 1. The molecule has 1 aromatic heterocycles. The molecule has 1 aliphatic rings. The van der Waals surface area contributed by atoms with Gasteiger partial charge in [0.05, 0.1) is 17.7 Å². The number of aliphatic hydroxyl groups excluding tert-OH is 1. The number of carbonyl (C=O) groups is 1. The highest BCUT2D eigenvalue weighted by Gasteiger charge is 2.34. The summed E-state index contributed by atoms with van der Waals surface area (Å²) in [5.41, 5.74) is -0.114. The number of carbonyl (C=O) groups excluding carboxylic acids is 1. The third-order valence-corrected chi connectivity index (χ3v) is 4.68. The summed E-state index contributed by atoms with van der Waals surface area (Å²) in [7, 11) is 0. The van der Waals surface area contributed by atoms with Crippen LogP contribution in [-0.4, -0.2) is 39.4 Å². The quantitative estimate of drug-likeness (QED) is 0.574. The van der Waals surface area contributed by atoms with Gasteiger partial charge in [-0.15, -0.1) is 11.8 Å². The molecule has 0 saturated heterocycles. The summed E-state index contributed by atoms with van der Waals surface area (Å²) < 4.78 is 0. The first-order valence-electron chi connectivity index (χ1n) is 7.09. The Hall–Kier alpha value is -1.34. The van der Waals surface area contributed by atoms with E-state index in [4.69, 9.17) is 0 Å². The van der Waals surface area contributed by atoms with E-state index in [-0.39, 0.29) is 12.5 Å². The van der Waals surface area contributed by atoms with Crippen LogP contribution >= 0.6 is 11.8 Å². The lowest BCUT2D eigenvalue weighted by Crippen LogP contribution is -2.52. The van der Waals surface area contributed by atoms with Crippen LogP contribution in [0, 0.1) is 6.92 Å². The molecule has 1 fully saturated rings. The molecule has 21 heavy (non-hydrogen) atoms. The van der Waals surface area contributed by atoms with Gasteiger partial charge in [0.1, 0.15) is 5.03 Å². The van der Waals surface area contributed by atoms with E-state index >= 15 is 0 Å². The molecule has 0 radical (unpaired) electrons. The van der Waals surface area contributed by atoms with Crippen LogP contribution in [0.2, 0.25) is 0 Å². The molecule has 1 heterocycles. The van der Waals surface area contributed by atoms with Crippen LogP contribution in [0.5, 0.6) is 0 Å². The highest BCUT2D eigenvalue weighted by atomic mass is 32.2. The van der Waals surface area contributed by atoms with Gasteiger partial charge in [0.15, 0.2) is 0 Å². The highest BCUT2D eigenvalue weighted by Crippen LogP contribution is 2.29. The minimum Gasteiger partial charge on any atom is -0.394 e. The van der Waals surface area contributed by atoms with Gasteiger partial charge in [-0.2, -0.15) is 4.98 Å². The second-order valence-electron chi connectivity index (χ2n) is 5.50. The molecule has 0 aromatic carbocycles. The van der Waals surface area contributed by atoms with Crippen LogP contribution in [0.4, 0.5) is 0 Å². The van der Waals surface area contributed by atoms with Crippen molar-refractivity contribution in [2.75, 3.05) is 12.9 Å². The molecule has 116 valence electrons. The standard InChI is InChI=1S/C14H21N3O3S/c1-9-10(12(21-2)16-13(20)15-9)11(19)17-14(8-18)6-4-3-5-7-14/h18H,3-8H2,1-2H3,(H,17,19)(H,15,16,20). The number of rotatable bonds is 4. The summed E-state index contributed by atoms with van der Waals surface area (Å²) >= 11 is 1.27. The van der Waals surface area contributed by atoms with E-state index in [1.807, 2.05) is 0 Å². The van der Waals surface area contributed by atoms with Gasteiger partial charge in [-0.3, -0.25) is 4.79 Å². The Morgan fingerprint density at radius 1 is 1.43 bits per heavy atom. The van der Waals surface area contributed by atoms with Crippen molar-refractivity contribution < 1.29 is 9.90 Å². The minimum absolute atomic E-state index is 0.0663. The number of thioether (sulfide) groups is 1. The van der Waals surface area contributed by atoms with Crippen molar-refractivity contribution in [1.29, 1.82) is 0 Å². The van der Waals surface area contributed by atoms with Crippen LogP contribution in [0.3, 0.4) is 0 Å². The number of aromatic nitrogens is 2. The van der Waals surface area contributed by atoms with Crippen molar-refractivity contribution in [3.05, 3.63) is 21.7 Å². The Bertz CT molecular complexity index is 579. The van der Waals surface area contributed by atoms with Crippen molar-refractivity contribution in [2.45, 2.75) is 49.6 Å². The summed E-state index contributed by atoms with van der Waals surface area (Å²) in [6.45, 7) is 1.62. The van der Waals surface area contributed by atoms with Gasteiger partial charge < -0.3 is 15.4 Å². The lowest BCUT2D eigenvalue weighted by molar-refractivity contribution is 0.0754. The molecule has 0 atom stereocenters. The fourth-order valence-electron chi connectivity index (χ4n) is 2.83. The Morgan fingerprint density at radius 2 is 2.10 bits per heavy atom. The smallest absolute Gasteiger partial charge is 0.346 e. The summed E-state index contributed by atoms with van der Waals surface area (Å²) in [6.07, 6.45) is 6.46. The second kappa shape index (κ2) is 6.62. The van der Waals surface area contributed by atoms with E-state index in [0.29, 0.717) is 16.3 Å². The molecule has 2 rings (SSSR count). The maximum absolute atomic E-state index is 12.6. The molecule has 1 aromatic rings. The van der Waals surface area contributed by atoms with Crippen molar-refractivity contribution >= 4 is 17.7 Å². The van der Waals surface area contributed by atoms with Crippen molar-refractivity contribution in [2.24, 2.45) is 0 Å². The van der Waals surface area contributed by atoms with Crippen LogP contribution < -0.4 is 11.0 Å².